The first kappa shape index (κ1) is 30.2. The molecule has 0 radical (unpaired) electrons. The molecule has 2 aromatic rings. The van der Waals surface area contributed by atoms with E-state index in [4.69, 9.17) is 18.9 Å². The van der Waals surface area contributed by atoms with Gasteiger partial charge >= 0.3 is 5.97 Å². The number of hydrogen-bond donors (Lipinski definition) is 0. The van der Waals surface area contributed by atoms with Gasteiger partial charge in [0.15, 0.2) is 6.29 Å². The molecule has 0 spiro atoms. The fraction of sp³-hybridized carbons (Fsp3) is 0.606. The number of esters is 1. The lowest BCUT2D eigenvalue weighted by Gasteiger charge is -2.29. The summed E-state index contributed by atoms with van der Waals surface area (Å²) >= 11 is 0. The quantitative estimate of drug-likeness (QED) is 0.117. The molecule has 2 aromatic carbocycles. The van der Waals surface area contributed by atoms with Crippen LogP contribution in [0.4, 0.5) is 0 Å². The standard InChI is InChI=1S/C33H48O5/c1-4-6-7-8-11-14-27-24-36-33(37-25-27)29-17-21-31(22-18-29)38-32(34)28-15-19-30(20-16-28)35-23-12-9-10-13-26(3)5-2/h15-22,26-27,33H,4-14,23-25H2,1-3H3. The van der Waals surface area contributed by atoms with Gasteiger partial charge in [0.05, 0.1) is 25.4 Å². The number of rotatable bonds is 17. The minimum atomic E-state index is -0.388. The molecule has 1 aliphatic heterocycles. The van der Waals surface area contributed by atoms with E-state index in [0.29, 0.717) is 23.8 Å². The molecule has 0 amide bonds. The molecule has 5 nitrogen and oxygen atoms in total. The van der Waals surface area contributed by atoms with Crippen LogP contribution >= 0.6 is 0 Å². The molecule has 1 saturated heterocycles. The second-order valence-electron chi connectivity index (χ2n) is 10.8. The van der Waals surface area contributed by atoms with Gasteiger partial charge in [-0.05, 0) is 55.2 Å². The fourth-order valence-corrected chi connectivity index (χ4v) is 4.65. The maximum atomic E-state index is 12.6. The van der Waals surface area contributed by atoms with Crippen LogP contribution in [0.5, 0.6) is 11.5 Å². The smallest absolute Gasteiger partial charge is 0.343 e. The zero-order valence-electron chi connectivity index (χ0n) is 23.8. The minimum Gasteiger partial charge on any atom is -0.494 e. The van der Waals surface area contributed by atoms with E-state index in [2.05, 4.69) is 20.8 Å². The molecule has 0 N–H and O–H groups in total. The van der Waals surface area contributed by atoms with E-state index in [1.165, 1.54) is 57.8 Å². The normalized spacial score (nSPS) is 18.2. The highest BCUT2D eigenvalue weighted by molar-refractivity contribution is 5.91. The van der Waals surface area contributed by atoms with E-state index >= 15 is 0 Å². The molecule has 1 atom stereocenters. The van der Waals surface area contributed by atoms with Crippen LogP contribution in [-0.4, -0.2) is 25.8 Å². The zero-order valence-corrected chi connectivity index (χ0v) is 23.8. The molecule has 0 saturated carbocycles. The summed E-state index contributed by atoms with van der Waals surface area (Å²) in [6, 6.07) is 14.5. The van der Waals surface area contributed by atoms with Gasteiger partial charge in [-0.2, -0.15) is 0 Å². The van der Waals surface area contributed by atoms with Gasteiger partial charge in [0, 0.05) is 11.5 Å². The van der Waals surface area contributed by atoms with Crippen LogP contribution in [0.2, 0.25) is 0 Å². The molecular formula is C33H48O5. The third-order valence-electron chi connectivity index (χ3n) is 7.44. The lowest BCUT2D eigenvalue weighted by molar-refractivity contribution is -0.206. The number of carbonyl (C=O) groups excluding carboxylic acids is 1. The Balaban J connectivity index is 1.35. The largest absolute Gasteiger partial charge is 0.494 e. The Morgan fingerprint density at radius 1 is 0.842 bits per heavy atom. The van der Waals surface area contributed by atoms with Gasteiger partial charge < -0.3 is 18.9 Å². The maximum Gasteiger partial charge on any atom is 0.343 e. The molecule has 0 aliphatic carbocycles. The van der Waals surface area contributed by atoms with Crippen molar-refractivity contribution in [2.45, 2.75) is 97.7 Å². The van der Waals surface area contributed by atoms with E-state index in [1.54, 1.807) is 24.3 Å². The average Bonchev–Trinajstić information content (AvgIpc) is 2.95. The molecular weight excluding hydrogens is 476 g/mol. The van der Waals surface area contributed by atoms with Crippen LogP contribution in [0.25, 0.3) is 0 Å². The summed E-state index contributed by atoms with van der Waals surface area (Å²) in [6.45, 7) is 8.96. The van der Waals surface area contributed by atoms with Crippen molar-refractivity contribution in [3.05, 3.63) is 59.7 Å². The van der Waals surface area contributed by atoms with Crippen molar-refractivity contribution in [1.82, 2.24) is 0 Å². The highest BCUT2D eigenvalue weighted by atomic mass is 16.7. The van der Waals surface area contributed by atoms with E-state index in [1.807, 2.05) is 24.3 Å². The molecule has 1 unspecified atom stereocenters. The first-order valence-corrected chi connectivity index (χ1v) is 14.9. The Hall–Kier alpha value is -2.37. The van der Waals surface area contributed by atoms with Crippen LogP contribution in [0.1, 0.15) is 114 Å². The van der Waals surface area contributed by atoms with Crippen molar-refractivity contribution in [2.75, 3.05) is 19.8 Å². The Bertz CT molecular complexity index is 900. The first-order chi connectivity index (χ1) is 18.6. The predicted octanol–water partition coefficient (Wildman–Crippen LogP) is 8.91. The molecule has 0 aromatic heterocycles. The Kier molecular flexibility index (Phi) is 13.7. The van der Waals surface area contributed by atoms with E-state index < -0.39 is 0 Å². The molecule has 38 heavy (non-hydrogen) atoms. The van der Waals surface area contributed by atoms with Crippen LogP contribution < -0.4 is 9.47 Å². The maximum absolute atomic E-state index is 12.6. The van der Waals surface area contributed by atoms with Crippen molar-refractivity contribution in [2.24, 2.45) is 11.8 Å². The monoisotopic (exact) mass is 524 g/mol. The Labute approximate surface area is 230 Å². The molecule has 3 rings (SSSR count). The van der Waals surface area contributed by atoms with Crippen molar-refractivity contribution in [3.8, 4) is 11.5 Å². The fourth-order valence-electron chi connectivity index (χ4n) is 4.65. The third kappa shape index (κ3) is 10.8. The lowest BCUT2D eigenvalue weighted by atomic mass is 10.0. The molecule has 1 aliphatic rings. The van der Waals surface area contributed by atoms with Gasteiger partial charge in [-0.25, -0.2) is 4.79 Å². The van der Waals surface area contributed by atoms with E-state index in [-0.39, 0.29) is 12.3 Å². The summed E-state index contributed by atoms with van der Waals surface area (Å²) in [5.41, 5.74) is 1.43. The first-order valence-electron chi connectivity index (χ1n) is 14.9. The molecule has 1 heterocycles. The summed E-state index contributed by atoms with van der Waals surface area (Å²) in [4.78, 5) is 12.6. The van der Waals surface area contributed by atoms with E-state index in [9.17, 15) is 4.79 Å². The third-order valence-corrected chi connectivity index (χ3v) is 7.44. The van der Waals surface area contributed by atoms with Crippen LogP contribution in [0.3, 0.4) is 0 Å². The topological polar surface area (TPSA) is 54.0 Å². The average molecular weight is 525 g/mol. The Morgan fingerprint density at radius 3 is 2.18 bits per heavy atom. The van der Waals surface area contributed by atoms with Crippen molar-refractivity contribution in [3.63, 3.8) is 0 Å². The van der Waals surface area contributed by atoms with Crippen LogP contribution in [0.15, 0.2) is 48.5 Å². The molecule has 5 heteroatoms. The number of carbonyl (C=O) groups is 1. The number of hydrogen-bond acceptors (Lipinski definition) is 5. The van der Waals surface area contributed by atoms with Crippen molar-refractivity contribution < 1.29 is 23.7 Å². The SMILES string of the molecule is CCCCCCCC1COC(c2ccc(OC(=O)c3ccc(OCCCCCC(C)CC)cc3)cc2)OC1. The van der Waals surface area contributed by atoms with E-state index in [0.717, 1.165) is 43.3 Å². The van der Waals surface area contributed by atoms with Gasteiger partial charge in [0.1, 0.15) is 11.5 Å². The minimum absolute atomic E-state index is 0.358. The highest BCUT2D eigenvalue weighted by Gasteiger charge is 2.23. The highest BCUT2D eigenvalue weighted by Crippen LogP contribution is 2.29. The van der Waals surface area contributed by atoms with Crippen LogP contribution in [0, 0.1) is 11.8 Å². The van der Waals surface area contributed by atoms with Gasteiger partial charge in [0.2, 0.25) is 0 Å². The zero-order chi connectivity index (χ0) is 27.0. The van der Waals surface area contributed by atoms with Gasteiger partial charge in [-0.15, -0.1) is 0 Å². The summed E-state index contributed by atoms with van der Waals surface area (Å²) in [5, 5.41) is 0. The summed E-state index contributed by atoms with van der Waals surface area (Å²) in [7, 11) is 0. The predicted molar refractivity (Wildman–Crippen MR) is 153 cm³/mol. The summed E-state index contributed by atoms with van der Waals surface area (Å²) in [6.07, 6.45) is 13.3. The summed E-state index contributed by atoms with van der Waals surface area (Å²) < 4.78 is 23.3. The molecule has 210 valence electrons. The van der Waals surface area contributed by atoms with Crippen molar-refractivity contribution in [1.29, 1.82) is 0 Å². The van der Waals surface area contributed by atoms with Gasteiger partial charge in [-0.3, -0.25) is 0 Å². The molecule has 0 bridgehead atoms. The van der Waals surface area contributed by atoms with Crippen LogP contribution in [-0.2, 0) is 9.47 Å². The number of unbranched alkanes of at least 4 members (excludes halogenated alkanes) is 6. The summed E-state index contributed by atoms with van der Waals surface area (Å²) in [5.74, 6) is 2.17. The van der Waals surface area contributed by atoms with Gasteiger partial charge in [-0.1, -0.05) is 90.7 Å². The second kappa shape index (κ2) is 17.3. The molecule has 1 fully saturated rings. The number of benzene rings is 2. The lowest BCUT2D eigenvalue weighted by Crippen LogP contribution is -2.27. The van der Waals surface area contributed by atoms with Crippen molar-refractivity contribution >= 4 is 5.97 Å². The number of ether oxygens (including phenoxy) is 4. The Morgan fingerprint density at radius 2 is 1.50 bits per heavy atom. The second-order valence-corrected chi connectivity index (χ2v) is 10.8. The van der Waals surface area contributed by atoms with Gasteiger partial charge in [0.25, 0.3) is 0 Å².